The van der Waals surface area contributed by atoms with Gasteiger partial charge in [-0.05, 0) is 37.0 Å². The molecule has 1 aromatic carbocycles. The van der Waals surface area contributed by atoms with Crippen LogP contribution in [0.3, 0.4) is 0 Å². The highest BCUT2D eigenvalue weighted by Gasteiger charge is 2.32. The number of benzene rings is 1. The van der Waals surface area contributed by atoms with Gasteiger partial charge in [-0.15, -0.1) is 0 Å². The smallest absolute Gasteiger partial charge is 0.317 e. The van der Waals surface area contributed by atoms with Gasteiger partial charge in [-0.25, -0.2) is 4.79 Å². The number of nitrogens with one attached hydrogen (secondary N) is 1. The molecule has 126 valence electrons. The summed E-state index contributed by atoms with van der Waals surface area (Å²) in [6.07, 6.45) is 0.599. The van der Waals surface area contributed by atoms with E-state index in [1.807, 2.05) is 13.8 Å². The maximum Gasteiger partial charge on any atom is 0.317 e. The lowest BCUT2D eigenvalue weighted by Crippen LogP contribution is -2.49. The van der Waals surface area contributed by atoms with Crippen LogP contribution in [0.25, 0.3) is 0 Å². The van der Waals surface area contributed by atoms with E-state index >= 15 is 0 Å². The van der Waals surface area contributed by atoms with Gasteiger partial charge < -0.3 is 15.3 Å². The van der Waals surface area contributed by atoms with Crippen LogP contribution in [0.2, 0.25) is 10.0 Å². The van der Waals surface area contributed by atoms with E-state index in [4.69, 9.17) is 23.2 Å². The molecule has 23 heavy (non-hydrogen) atoms. The Hall–Kier alpha value is -1.46. The molecule has 1 aliphatic rings. The summed E-state index contributed by atoms with van der Waals surface area (Å²) in [5, 5.41) is 13.0. The van der Waals surface area contributed by atoms with Gasteiger partial charge in [-0.2, -0.15) is 0 Å². The van der Waals surface area contributed by atoms with E-state index in [0.717, 1.165) is 5.56 Å². The minimum Gasteiger partial charge on any atom is -0.481 e. The van der Waals surface area contributed by atoms with E-state index in [2.05, 4.69) is 5.32 Å². The van der Waals surface area contributed by atoms with Crippen molar-refractivity contribution in [2.45, 2.75) is 26.3 Å². The number of carbonyl (C=O) groups is 2. The maximum absolute atomic E-state index is 12.4. The molecule has 7 heteroatoms. The van der Waals surface area contributed by atoms with Crippen molar-refractivity contribution in [3.8, 4) is 0 Å². The molecule has 0 spiro atoms. The fourth-order valence-corrected chi connectivity index (χ4v) is 3.14. The fourth-order valence-electron chi connectivity index (χ4n) is 2.84. The van der Waals surface area contributed by atoms with Crippen molar-refractivity contribution in [3.63, 3.8) is 0 Å². The number of carboxylic acid groups (broad SMARTS) is 1. The summed E-state index contributed by atoms with van der Waals surface area (Å²) in [5.41, 5.74) is 0.840. The average Bonchev–Trinajstić information content (AvgIpc) is 2.49. The van der Waals surface area contributed by atoms with Gasteiger partial charge >= 0.3 is 12.0 Å². The SMILES string of the molecule is CC1CC(C(=O)O)CN(C(=O)NC(C)c2ccc(Cl)c(Cl)c2)C1. The number of hydrogen-bond acceptors (Lipinski definition) is 2. The summed E-state index contributed by atoms with van der Waals surface area (Å²) in [7, 11) is 0. The third kappa shape index (κ3) is 4.52. The second kappa shape index (κ2) is 7.41. The summed E-state index contributed by atoms with van der Waals surface area (Å²) in [6, 6.07) is 4.69. The molecule has 1 saturated heterocycles. The first-order valence-corrected chi connectivity index (χ1v) is 8.26. The second-order valence-electron chi connectivity index (χ2n) is 6.13. The van der Waals surface area contributed by atoms with Gasteiger partial charge in [-0.3, -0.25) is 4.79 Å². The van der Waals surface area contributed by atoms with Crippen molar-refractivity contribution in [2.24, 2.45) is 11.8 Å². The molecule has 1 aromatic rings. The van der Waals surface area contributed by atoms with Crippen molar-refractivity contribution < 1.29 is 14.7 Å². The molecule has 0 aromatic heterocycles. The number of piperidine rings is 1. The average molecular weight is 359 g/mol. The molecule has 2 rings (SSSR count). The third-order valence-corrected chi connectivity index (χ3v) is 4.82. The number of urea groups is 1. The summed E-state index contributed by atoms with van der Waals surface area (Å²) >= 11 is 11.9. The Labute approximate surface area is 145 Å². The van der Waals surface area contributed by atoms with E-state index in [-0.39, 0.29) is 24.5 Å². The van der Waals surface area contributed by atoms with Gasteiger partial charge in [0.2, 0.25) is 0 Å². The number of rotatable bonds is 3. The lowest BCUT2D eigenvalue weighted by molar-refractivity contribution is -0.143. The van der Waals surface area contributed by atoms with Crippen molar-refractivity contribution in [1.82, 2.24) is 10.2 Å². The van der Waals surface area contributed by atoms with Crippen LogP contribution in [-0.2, 0) is 4.79 Å². The van der Waals surface area contributed by atoms with Crippen LogP contribution in [0, 0.1) is 11.8 Å². The Morgan fingerprint density at radius 2 is 2.00 bits per heavy atom. The number of carbonyl (C=O) groups excluding carboxylic acids is 1. The highest BCUT2D eigenvalue weighted by molar-refractivity contribution is 6.42. The normalized spacial score (nSPS) is 22.5. The highest BCUT2D eigenvalue weighted by atomic mass is 35.5. The highest BCUT2D eigenvalue weighted by Crippen LogP contribution is 2.26. The van der Waals surface area contributed by atoms with Crippen molar-refractivity contribution >= 4 is 35.2 Å². The quantitative estimate of drug-likeness (QED) is 0.862. The first kappa shape index (κ1) is 17.9. The Kier molecular flexibility index (Phi) is 5.76. The number of carboxylic acids is 1. The van der Waals surface area contributed by atoms with Gasteiger partial charge in [0.1, 0.15) is 0 Å². The zero-order chi connectivity index (χ0) is 17.1. The van der Waals surface area contributed by atoms with E-state index in [9.17, 15) is 14.7 Å². The summed E-state index contributed by atoms with van der Waals surface area (Å²) in [4.78, 5) is 25.2. The number of halogens is 2. The molecular weight excluding hydrogens is 339 g/mol. The van der Waals surface area contributed by atoms with Crippen molar-refractivity contribution in [1.29, 1.82) is 0 Å². The minimum absolute atomic E-state index is 0.163. The largest absolute Gasteiger partial charge is 0.481 e. The molecule has 0 bridgehead atoms. The van der Waals surface area contributed by atoms with Crippen LogP contribution in [0.5, 0.6) is 0 Å². The topological polar surface area (TPSA) is 69.6 Å². The Balaban J connectivity index is 2.02. The third-order valence-electron chi connectivity index (χ3n) is 4.08. The van der Waals surface area contributed by atoms with Gasteiger partial charge in [-0.1, -0.05) is 36.2 Å². The monoisotopic (exact) mass is 358 g/mol. The predicted octanol–water partition coefficient (Wildman–Crippen LogP) is 3.81. The van der Waals surface area contributed by atoms with Gasteiger partial charge in [0, 0.05) is 13.1 Å². The number of amides is 2. The molecule has 5 nitrogen and oxygen atoms in total. The molecule has 0 aliphatic carbocycles. The molecule has 0 saturated carbocycles. The molecule has 2 amide bonds. The summed E-state index contributed by atoms with van der Waals surface area (Å²) < 4.78 is 0. The Bertz CT molecular complexity index is 609. The van der Waals surface area contributed by atoms with Crippen LogP contribution in [-0.4, -0.2) is 35.1 Å². The maximum atomic E-state index is 12.4. The number of aliphatic carboxylic acids is 1. The van der Waals surface area contributed by atoms with E-state index in [0.29, 0.717) is 23.0 Å². The number of nitrogens with zero attached hydrogens (tertiary/aromatic N) is 1. The van der Waals surface area contributed by atoms with Crippen molar-refractivity contribution in [3.05, 3.63) is 33.8 Å². The molecular formula is C16H20Cl2N2O3. The molecule has 1 aliphatic heterocycles. The van der Waals surface area contributed by atoms with Crippen LogP contribution in [0.1, 0.15) is 31.9 Å². The summed E-state index contributed by atoms with van der Waals surface area (Å²) in [5.74, 6) is -1.20. The van der Waals surface area contributed by atoms with E-state index in [1.165, 1.54) is 0 Å². The van der Waals surface area contributed by atoms with Crippen LogP contribution >= 0.6 is 23.2 Å². The van der Waals surface area contributed by atoms with Gasteiger partial charge in [0.25, 0.3) is 0 Å². The first-order valence-electron chi connectivity index (χ1n) is 7.51. The number of hydrogen-bond donors (Lipinski definition) is 2. The van der Waals surface area contributed by atoms with Crippen LogP contribution in [0.4, 0.5) is 4.79 Å². The molecule has 2 N–H and O–H groups in total. The van der Waals surface area contributed by atoms with E-state index < -0.39 is 11.9 Å². The zero-order valence-corrected chi connectivity index (χ0v) is 14.6. The second-order valence-corrected chi connectivity index (χ2v) is 6.94. The van der Waals surface area contributed by atoms with E-state index in [1.54, 1.807) is 23.1 Å². The predicted molar refractivity (Wildman–Crippen MR) is 89.9 cm³/mol. The van der Waals surface area contributed by atoms with Crippen molar-refractivity contribution in [2.75, 3.05) is 13.1 Å². The zero-order valence-electron chi connectivity index (χ0n) is 13.1. The van der Waals surface area contributed by atoms with Crippen LogP contribution in [0.15, 0.2) is 18.2 Å². The fraction of sp³-hybridized carbons (Fsp3) is 0.500. The molecule has 3 atom stereocenters. The Morgan fingerprint density at radius 1 is 1.30 bits per heavy atom. The van der Waals surface area contributed by atoms with Gasteiger partial charge in [0.05, 0.1) is 22.0 Å². The summed E-state index contributed by atoms with van der Waals surface area (Å²) in [6.45, 7) is 4.60. The lowest BCUT2D eigenvalue weighted by atomic mass is 9.91. The van der Waals surface area contributed by atoms with Gasteiger partial charge in [0.15, 0.2) is 0 Å². The molecule has 0 radical (unpaired) electrons. The first-order chi connectivity index (χ1) is 10.8. The molecule has 1 fully saturated rings. The minimum atomic E-state index is -0.855. The lowest BCUT2D eigenvalue weighted by Gasteiger charge is -2.35. The molecule has 3 unspecified atom stereocenters. The van der Waals surface area contributed by atoms with Crippen LogP contribution < -0.4 is 5.32 Å². The Morgan fingerprint density at radius 3 is 2.61 bits per heavy atom. The number of likely N-dealkylation sites (tertiary alicyclic amines) is 1. The molecule has 1 heterocycles. The standard InChI is InChI=1S/C16H20Cl2N2O3/c1-9-5-12(15(21)22)8-20(7-9)16(23)19-10(2)11-3-4-13(17)14(18)6-11/h3-4,6,9-10,12H,5,7-8H2,1-2H3,(H,19,23)(H,21,22).